The van der Waals surface area contributed by atoms with E-state index in [1.165, 1.54) is 0 Å². The molecule has 2 aromatic rings. The molecule has 2 N–H and O–H groups in total. The number of aryl methyl sites for hydroxylation is 2. The topological polar surface area (TPSA) is 114 Å². The van der Waals surface area contributed by atoms with Gasteiger partial charge in [0.05, 0.1) is 0 Å². The molecule has 50 heavy (non-hydrogen) atoms. The van der Waals surface area contributed by atoms with Crippen molar-refractivity contribution in [3.8, 4) is 0 Å². The van der Waals surface area contributed by atoms with Crippen LogP contribution in [0.2, 0.25) is 0 Å². The van der Waals surface area contributed by atoms with Gasteiger partial charge in [-0.1, -0.05) is 93.8 Å². The van der Waals surface area contributed by atoms with Crippen LogP contribution < -0.4 is 10.6 Å². The molecule has 0 radical (unpaired) electrons. The highest BCUT2D eigenvalue weighted by atomic mass is 16.6. The number of rotatable bonds is 15. The molecular formula is C41H63N3O6. The summed E-state index contributed by atoms with van der Waals surface area (Å²) in [5.41, 5.74) is 1.77. The lowest BCUT2D eigenvalue weighted by molar-refractivity contribution is -0.159. The van der Waals surface area contributed by atoms with E-state index >= 15 is 4.79 Å². The number of amides is 3. The first-order valence-electron chi connectivity index (χ1n) is 18.1. The van der Waals surface area contributed by atoms with E-state index < -0.39 is 59.2 Å². The lowest BCUT2D eigenvalue weighted by Crippen LogP contribution is -2.58. The minimum Gasteiger partial charge on any atom is -0.458 e. The van der Waals surface area contributed by atoms with Crippen molar-refractivity contribution in [1.82, 2.24) is 15.5 Å². The lowest BCUT2D eigenvalue weighted by Gasteiger charge is -2.40. The molecule has 9 nitrogen and oxygen atoms in total. The minimum absolute atomic E-state index is 0.202. The van der Waals surface area contributed by atoms with Crippen LogP contribution in [0.3, 0.4) is 0 Å². The summed E-state index contributed by atoms with van der Waals surface area (Å²) in [6, 6.07) is 11.8. The van der Waals surface area contributed by atoms with Gasteiger partial charge in [0.2, 0.25) is 11.8 Å². The Kier molecular flexibility index (Phi) is 15.5. The quantitative estimate of drug-likeness (QED) is 0.183. The van der Waals surface area contributed by atoms with Crippen LogP contribution in [-0.4, -0.2) is 58.1 Å². The van der Waals surface area contributed by atoms with Gasteiger partial charge < -0.3 is 25.0 Å². The Morgan fingerprint density at radius 3 is 1.84 bits per heavy atom. The molecule has 0 aliphatic rings. The van der Waals surface area contributed by atoms with Crippen molar-refractivity contribution < 1.29 is 28.7 Å². The van der Waals surface area contributed by atoms with E-state index in [0.29, 0.717) is 24.3 Å². The van der Waals surface area contributed by atoms with Crippen molar-refractivity contribution in [1.29, 1.82) is 0 Å². The fourth-order valence-electron chi connectivity index (χ4n) is 5.86. The van der Waals surface area contributed by atoms with Gasteiger partial charge in [0, 0.05) is 12.5 Å². The first-order valence-corrected chi connectivity index (χ1v) is 18.1. The number of benzene rings is 2. The largest absolute Gasteiger partial charge is 0.458 e. The molecule has 5 atom stereocenters. The average Bonchev–Trinajstić information content (AvgIpc) is 2.98. The summed E-state index contributed by atoms with van der Waals surface area (Å²) in [5.74, 6) is -1.38. The number of ether oxygens (including phenoxy) is 2. The molecule has 2 rings (SSSR count). The highest BCUT2D eigenvalue weighted by molar-refractivity contribution is 5.94. The number of carbonyl (C=O) groups excluding carboxylic acids is 4. The Morgan fingerprint density at radius 1 is 0.780 bits per heavy atom. The Bertz CT molecular complexity index is 1410. The fourth-order valence-corrected chi connectivity index (χ4v) is 5.86. The highest BCUT2D eigenvalue weighted by Gasteiger charge is 2.42. The highest BCUT2D eigenvalue weighted by Crippen LogP contribution is 2.31. The Balaban J connectivity index is 2.78. The van der Waals surface area contributed by atoms with Gasteiger partial charge in [-0.25, -0.2) is 9.59 Å². The van der Waals surface area contributed by atoms with Gasteiger partial charge in [0.1, 0.15) is 29.3 Å². The molecule has 0 heterocycles. The summed E-state index contributed by atoms with van der Waals surface area (Å²) in [6.07, 6.45) is 1.53. The number of alkyl carbamates (subject to hydrolysis) is 1. The van der Waals surface area contributed by atoms with Crippen LogP contribution in [0.4, 0.5) is 4.79 Å². The second-order valence-electron chi connectivity index (χ2n) is 16.2. The number of hydrogen-bond acceptors (Lipinski definition) is 6. The predicted octanol–water partition coefficient (Wildman–Crippen LogP) is 8.01. The third-order valence-electron chi connectivity index (χ3n) is 8.42. The lowest BCUT2D eigenvalue weighted by atomic mass is 9.92. The smallest absolute Gasteiger partial charge is 0.408 e. The van der Waals surface area contributed by atoms with Crippen LogP contribution in [0.25, 0.3) is 0 Å². The maximum absolute atomic E-state index is 15.0. The molecule has 3 amide bonds. The summed E-state index contributed by atoms with van der Waals surface area (Å²) < 4.78 is 11.4. The number of hydrogen-bond donors (Lipinski definition) is 2. The zero-order valence-electron chi connectivity index (χ0n) is 32.8. The number of nitrogens with one attached hydrogen (secondary N) is 2. The average molecular weight is 694 g/mol. The van der Waals surface area contributed by atoms with Gasteiger partial charge in [-0.3, -0.25) is 9.59 Å². The predicted molar refractivity (Wildman–Crippen MR) is 200 cm³/mol. The summed E-state index contributed by atoms with van der Waals surface area (Å²) in [4.78, 5) is 58.3. The van der Waals surface area contributed by atoms with Gasteiger partial charge in [0.25, 0.3) is 0 Å². The fraction of sp³-hybridized carbons (Fsp3) is 0.610. The number of carbonyl (C=O) groups is 4. The molecule has 0 spiro atoms. The Hall–Kier alpha value is -3.88. The minimum atomic E-state index is -1.11. The van der Waals surface area contributed by atoms with Gasteiger partial charge >= 0.3 is 12.1 Å². The van der Waals surface area contributed by atoms with E-state index in [1.54, 1.807) is 46.4 Å². The van der Waals surface area contributed by atoms with Crippen molar-refractivity contribution in [2.45, 2.75) is 151 Å². The van der Waals surface area contributed by atoms with Crippen LogP contribution in [0.5, 0.6) is 0 Å². The first-order chi connectivity index (χ1) is 23.1. The first kappa shape index (κ1) is 42.3. The normalized spacial score (nSPS) is 14.9. The molecule has 2 aromatic carbocycles. The van der Waals surface area contributed by atoms with Crippen molar-refractivity contribution in [3.63, 3.8) is 0 Å². The van der Waals surface area contributed by atoms with Crippen molar-refractivity contribution in [2.75, 3.05) is 0 Å². The van der Waals surface area contributed by atoms with Crippen LogP contribution in [-0.2, 0) is 30.3 Å². The van der Waals surface area contributed by atoms with Crippen LogP contribution >= 0.6 is 0 Å². The molecule has 9 heteroatoms. The van der Waals surface area contributed by atoms with Crippen LogP contribution in [0.15, 0.2) is 48.5 Å². The van der Waals surface area contributed by atoms with Crippen molar-refractivity contribution in [3.05, 3.63) is 70.8 Å². The third kappa shape index (κ3) is 13.8. The van der Waals surface area contributed by atoms with Gasteiger partial charge in [-0.2, -0.15) is 0 Å². The standard InChI is InChI=1S/C41H63N3O6/c1-14-29(6)34(43-39(48)50-41(11,12)13)37(46)44(30(7)21-20-26(2)3)35(32-23-27(4)22-28(5)24-32)36(45)42-33(38(47)49-40(8,9)10)25-31-18-16-15-17-19-31/h15-19,22-24,26,29-30,33-35H,14,20-21,25H2,1-13H3,(H,42,45)(H,43,48). The molecule has 5 unspecified atom stereocenters. The number of esters is 1. The zero-order valence-corrected chi connectivity index (χ0v) is 32.8. The molecule has 0 saturated heterocycles. The molecule has 0 fully saturated rings. The van der Waals surface area contributed by atoms with E-state index in [1.807, 2.05) is 83.1 Å². The van der Waals surface area contributed by atoms with E-state index in [0.717, 1.165) is 23.1 Å². The van der Waals surface area contributed by atoms with Gasteiger partial charge in [0.15, 0.2) is 0 Å². The SMILES string of the molecule is CCC(C)C(NC(=O)OC(C)(C)C)C(=O)N(C(C)CCC(C)C)C(C(=O)NC(Cc1ccccc1)C(=O)OC(C)(C)C)c1cc(C)cc(C)c1. The maximum Gasteiger partial charge on any atom is 0.408 e. The molecule has 0 saturated carbocycles. The number of nitrogens with zero attached hydrogens (tertiary/aromatic N) is 1. The molecule has 0 aromatic heterocycles. The third-order valence-corrected chi connectivity index (χ3v) is 8.42. The maximum atomic E-state index is 15.0. The monoisotopic (exact) mass is 693 g/mol. The summed E-state index contributed by atoms with van der Waals surface area (Å²) >= 11 is 0. The van der Waals surface area contributed by atoms with Gasteiger partial charge in [-0.05, 0) is 98.1 Å². The van der Waals surface area contributed by atoms with E-state index in [-0.39, 0.29) is 12.3 Å². The van der Waals surface area contributed by atoms with Crippen LogP contribution in [0, 0.1) is 25.7 Å². The molecule has 0 aliphatic carbocycles. The van der Waals surface area contributed by atoms with E-state index in [9.17, 15) is 14.4 Å². The van der Waals surface area contributed by atoms with E-state index in [2.05, 4.69) is 24.5 Å². The summed E-state index contributed by atoms with van der Waals surface area (Å²) in [7, 11) is 0. The van der Waals surface area contributed by atoms with Crippen LogP contribution in [0.1, 0.15) is 124 Å². The molecule has 0 bridgehead atoms. The Labute approximate surface area is 301 Å². The molecule has 0 aliphatic heterocycles. The van der Waals surface area contributed by atoms with Gasteiger partial charge in [-0.15, -0.1) is 0 Å². The second kappa shape index (κ2) is 18.4. The Morgan fingerprint density at radius 2 is 1.34 bits per heavy atom. The second-order valence-corrected chi connectivity index (χ2v) is 16.2. The van der Waals surface area contributed by atoms with Crippen molar-refractivity contribution in [2.24, 2.45) is 11.8 Å². The van der Waals surface area contributed by atoms with E-state index in [4.69, 9.17) is 9.47 Å². The summed E-state index contributed by atoms with van der Waals surface area (Å²) in [5, 5.41) is 5.87. The van der Waals surface area contributed by atoms with Crippen molar-refractivity contribution >= 4 is 23.9 Å². The summed E-state index contributed by atoms with van der Waals surface area (Å²) in [6.45, 7) is 24.6. The zero-order chi connectivity index (χ0) is 38.0. The molecule has 278 valence electrons. The molecular weight excluding hydrogens is 630 g/mol.